The van der Waals surface area contributed by atoms with Crippen LogP contribution in [0.1, 0.15) is 36.5 Å². The van der Waals surface area contributed by atoms with Gasteiger partial charge in [0, 0.05) is 11.0 Å². The van der Waals surface area contributed by atoms with Gasteiger partial charge >= 0.3 is 11.8 Å². The molecule has 37 heavy (non-hydrogen) atoms. The zero-order valence-corrected chi connectivity index (χ0v) is 21.8. The second-order valence-electron chi connectivity index (χ2n) is 8.31. The predicted molar refractivity (Wildman–Crippen MR) is 143 cm³/mol. The maximum atomic E-state index is 13.8. The van der Waals surface area contributed by atoms with Crippen LogP contribution in [0, 0.1) is 5.82 Å². The summed E-state index contributed by atoms with van der Waals surface area (Å²) in [6, 6.07) is 18.6. The van der Waals surface area contributed by atoms with Gasteiger partial charge in [-0.15, -0.1) is 0 Å². The molecule has 0 radical (unpaired) electrons. The summed E-state index contributed by atoms with van der Waals surface area (Å²) in [6.45, 7) is 4.12. The maximum Gasteiger partial charge on any atom is 0.329 e. The van der Waals surface area contributed by atoms with Crippen LogP contribution < -0.4 is 20.8 Å². The van der Waals surface area contributed by atoms with Crippen molar-refractivity contribution in [2.45, 2.75) is 26.3 Å². The third kappa shape index (κ3) is 8.84. The third-order valence-electron chi connectivity index (χ3n) is 5.14. The number of carbonyl (C=O) groups is 3. The highest BCUT2D eigenvalue weighted by atomic mass is 79.9. The average molecular weight is 569 g/mol. The molecule has 192 valence electrons. The second kappa shape index (κ2) is 13.3. The second-order valence-corrected chi connectivity index (χ2v) is 9.22. The van der Waals surface area contributed by atoms with Crippen molar-refractivity contribution in [2.24, 2.45) is 5.10 Å². The van der Waals surface area contributed by atoms with Gasteiger partial charge in [0.2, 0.25) is 0 Å². The first-order valence-corrected chi connectivity index (χ1v) is 12.2. The molecule has 3 rings (SSSR count). The smallest absolute Gasteiger partial charge is 0.329 e. The average Bonchev–Trinajstić information content (AvgIpc) is 2.88. The van der Waals surface area contributed by atoms with Crippen LogP contribution in [0.5, 0.6) is 5.75 Å². The van der Waals surface area contributed by atoms with E-state index in [9.17, 15) is 18.8 Å². The molecule has 0 saturated carbocycles. The van der Waals surface area contributed by atoms with Crippen molar-refractivity contribution in [3.63, 3.8) is 0 Å². The molecule has 3 aromatic rings. The number of nitrogens with zero attached hydrogens (tertiary/aromatic N) is 1. The molecule has 0 heterocycles. The largest absolute Gasteiger partial charge is 0.484 e. The normalized spacial score (nSPS) is 10.8. The summed E-state index contributed by atoms with van der Waals surface area (Å²) >= 11 is 3.15. The fourth-order valence-corrected chi connectivity index (χ4v) is 3.41. The minimum Gasteiger partial charge on any atom is -0.484 e. The molecule has 0 aliphatic rings. The molecule has 0 fully saturated rings. The molecule has 8 nitrogen and oxygen atoms in total. The van der Waals surface area contributed by atoms with E-state index in [2.05, 4.69) is 50.9 Å². The van der Waals surface area contributed by atoms with Crippen LogP contribution in [0.15, 0.2) is 76.3 Å². The van der Waals surface area contributed by atoms with E-state index in [1.165, 1.54) is 23.9 Å². The number of benzene rings is 3. The Kier molecular flexibility index (Phi) is 9.91. The Morgan fingerprint density at radius 3 is 2.35 bits per heavy atom. The van der Waals surface area contributed by atoms with Gasteiger partial charge < -0.3 is 15.4 Å². The SMILES string of the molecule is CC(C)c1ccc(CNC(=O)C(=O)N/N=C\c2ccc(OCC(=O)Nc3ccc(Br)cc3F)cc2)cc1. The predicted octanol–water partition coefficient (Wildman–Crippen LogP) is 4.50. The summed E-state index contributed by atoms with van der Waals surface area (Å²) in [5.74, 6) is -1.93. The Hall–Kier alpha value is -4.05. The summed E-state index contributed by atoms with van der Waals surface area (Å²) in [5.41, 5.74) is 4.94. The molecule has 10 heteroatoms. The van der Waals surface area contributed by atoms with E-state index in [1.54, 1.807) is 30.3 Å². The van der Waals surface area contributed by atoms with Crippen molar-refractivity contribution in [1.29, 1.82) is 0 Å². The van der Waals surface area contributed by atoms with E-state index in [0.717, 1.165) is 5.56 Å². The van der Waals surface area contributed by atoms with Gasteiger partial charge in [0.05, 0.1) is 11.9 Å². The lowest BCUT2D eigenvalue weighted by atomic mass is 10.0. The summed E-state index contributed by atoms with van der Waals surface area (Å²) in [6.07, 6.45) is 1.36. The molecular formula is C27H26BrFN4O4. The van der Waals surface area contributed by atoms with E-state index in [-0.39, 0.29) is 18.8 Å². The van der Waals surface area contributed by atoms with Crippen LogP contribution >= 0.6 is 15.9 Å². The Morgan fingerprint density at radius 2 is 1.70 bits per heavy atom. The Labute approximate surface area is 222 Å². The standard InChI is InChI=1S/C27H26BrFN4O4/c1-17(2)20-7-3-18(4-8-20)14-30-26(35)27(36)33-31-15-19-5-10-22(11-6-19)37-16-25(34)32-24-12-9-21(28)13-23(24)29/h3-13,15,17H,14,16H2,1-2H3,(H,30,35)(H,32,34)(H,33,36)/b31-15-. The van der Waals surface area contributed by atoms with Crippen LogP contribution in [-0.2, 0) is 20.9 Å². The molecule has 0 bridgehead atoms. The monoisotopic (exact) mass is 568 g/mol. The summed E-state index contributed by atoms with van der Waals surface area (Å²) in [5, 5.41) is 8.77. The molecule has 0 spiro atoms. The third-order valence-corrected chi connectivity index (χ3v) is 5.63. The zero-order chi connectivity index (χ0) is 26.8. The lowest BCUT2D eigenvalue weighted by Gasteiger charge is -2.08. The van der Waals surface area contributed by atoms with Crippen LogP contribution in [-0.4, -0.2) is 30.5 Å². The number of hydrogen-bond acceptors (Lipinski definition) is 5. The maximum absolute atomic E-state index is 13.8. The van der Waals surface area contributed by atoms with Crippen LogP contribution in [0.3, 0.4) is 0 Å². The number of rotatable bonds is 9. The minimum atomic E-state index is -0.886. The van der Waals surface area contributed by atoms with E-state index >= 15 is 0 Å². The first-order chi connectivity index (χ1) is 17.7. The van der Waals surface area contributed by atoms with Crippen molar-refractivity contribution in [3.05, 3.63) is 93.7 Å². The lowest BCUT2D eigenvalue weighted by Crippen LogP contribution is -2.37. The van der Waals surface area contributed by atoms with Gasteiger partial charge in [-0.05, 0) is 65.1 Å². The van der Waals surface area contributed by atoms with Gasteiger partial charge in [-0.3, -0.25) is 14.4 Å². The molecule has 0 atom stereocenters. The van der Waals surface area contributed by atoms with Crippen molar-refractivity contribution < 1.29 is 23.5 Å². The summed E-state index contributed by atoms with van der Waals surface area (Å²) in [7, 11) is 0. The highest BCUT2D eigenvalue weighted by molar-refractivity contribution is 9.10. The van der Waals surface area contributed by atoms with Crippen molar-refractivity contribution in [3.8, 4) is 5.75 Å². The molecule has 0 aliphatic carbocycles. The first-order valence-electron chi connectivity index (χ1n) is 11.4. The molecular weight excluding hydrogens is 543 g/mol. The molecule has 0 aliphatic heterocycles. The van der Waals surface area contributed by atoms with Gasteiger partial charge in [-0.25, -0.2) is 9.82 Å². The van der Waals surface area contributed by atoms with Gasteiger partial charge in [-0.1, -0.05) is 54.0 Å². The first kappa shape index (κ1) is 27.5. The number of nitrogens with one attached hydrogen (secondary N) is 3. The molecule has 3 N–H and O–H groups in total. The van der Waals surface area contributed by atoms with Crippen LogP contribution in [0.2, 0.25) is 0 Å². The number of carbonyl (C=O) groups excluding carboxylic acids is 3. The quantitative estimate of drug-likeness (QED) is 0.200. The number of hydrazone groups is 1. The topological polar surface area (TPSA) is 109 Å². The number of anilines is 1. The van der Waals surface area contributed by atoms with Crippen molar-refractivity contribution in [2.75, 3.05) is 11.9 Å². The Morgan fingerprint density at radius 1 is 1.00 bits per heavy atom. The molecule has 3 aromatic carbocycles. The fraction of sp³-hybridized carbons (Fsp3) is 0.185. The van der Waals surface area contributed by atoms with Gasteiger partial charge in [-0.2, -0.15) is 5.10 Å². The van der Waals surface area contributed by atoms with Crippen LogP contribution in [0.25, 0.3) is 0 Å². The van der Waals surface area contributed by atoms with E-state index in [0.29, 0.717) is 21.7 Å². The number of amides is 3. The van der Waals surface area contributed by atoms with E-state index in [1.807, 2.05) is 24.3 Å². The zero-order valence-electron chi connectivity index (χ0n) is 20.3. The van der Waals surface area contributed by atoms with E-state index < -0.39 is 23.5 Å². The van der Waals surface area contributed by atoms with Crippen molar-refractivity contribution >= 4 is 45.6 Å². The van der Waals surface area contributed by atoms with Gasteiger partial charge in [0.25, 0.3) is 5.91 Å². The molecule has 0 aromatic heterocycles. The van der Waals surface area contributed by atoms with E-state index in [4.69, 9.17) is 4.74 Å². The lowest BCUT2D eigenvalue weighted by molar-refractivity contribution is -0.139. The Balaban J connectivity index is 1.40. The van der Waals surface area contributed by atoms with Gasteiger partial charge in [0.1, 0.15) is 11.6 Å². The summed E-state index contributed by atoms with van der Waals surface area (Å²) < 4.78 is 19.8. The molecule has 3 amide bonds. The number of ether oxygens (including phenoxy) is 1. The minimum absolute atomic E-state index is 0.0550. The van der Waals surface area contributed by atoms with Gasteiger partial charge in [0.15, 0.2) is 6.61 Å². The molecule has 0 saturated heterocycles. The summed E-state index contributed by atoms with van der Waals surface area (Å²) in [4.78, 5) is 35.9. The number of hydrogen-bond donors (Lipinski definition) is 3. The van der Waals surface area contributed by atoms with Crippen molar-refractivity contribution in [1.82, 2.24) is 10.7 Å². The fourth-order valence-electron chi connectivity index (χ4n) is 3.08. The Bertz CT molecular complexity index is 1280. The number of halogens is 2. The van der Waals surface area contributed by atoms with Crippen LogP contribution in [0.4, 0.5) is 10.1 Å². The molecule has 0 unspecified atom stereocenters. The highest BCUT2D eigenvalue weighted by Gasteiger charge is 2.12. The highest BCUT2D eigenvalue weighted by Crippen LogP contribution is 2.19.